The lowest BCUT2D eigenvalue weighted by Crippen LogP contribution is -2.21. The Morgan fingerprint density at radius 3 is 2.58 bits per heavy atom. The predicted molar refractivity (Wildman–Crippen MR) is 101 cm³/mol. The van der Waals surface area contributed by atoms with E-state index in [1.54, 1.807) is 19.2 Å². The van der Waals surface area contributed by atoms with Gasteiger partial charge in [0.15, 0.2) is 6.29 Å². The van der Waals surface area contributed by atoms with Gasteiger partial charge in [0.1, 0.15) is 19.0 Å². The normalized spacial score (nSPS) is 12.1. The van der Waals surface area contributed by atoms with E-state index in [0.29, 0.717) is 24.1 Å². The number of ether oxygens (including phenoxy) is 3. The molecule has 0 radical (unpaired) electrons. The lowest BCUT2D eigenvalue weighted by atomic mass is 10.1. The van der Waals surface area contributed by atoms with Gasteiger partial charge in [-0.15, -0.1) is 0 Å². The van der Waals surface area contributed by atoms with Crippen molar-refractivity contribution in [2.45, 2.75) is 19.8 Å². The average molecular weight is 374 g/mol. The zero-order valence-corrected chi connectivity index (χ0v) is 15.1. The summed E-state index contributed by atoms with van der Waals surface area (Å²) in [4.78, 5) is 4.21. The zero-order valence-electron chi connectivity index (χ0n) is 14.4. The van der Waals surface area contributed by atoms with Crippen molar-refractivity contribution in [3.8, 4) is 11.6 Å². The average Bonchev–Trinajstić information content (AvgIpc) is 2.67. The molecule has 0 aliphatic heterocycles. The Balaban J connectivity index is 1.61. The molecule has 1 unspecified atom stereocenters. The Hall–Kier alpha value is -2.34. The summed E-state index contributed by atoms with van der Waals surface area (Å²) in [5.74, 6) is 1.19. The summed E-state index contributed by atoms with van der Waals surface area (Å²) in [6, 6.07) is 15.1. The first-order chi connectivity index (χ1) is 12.7. The van der Waals surface area contributed by atoms with Gasteiger partial charge >= 0.3 is 0 Å². The number of rotatable bonds is 8. The molecule has 136 valence electrons. The number of nitrogens with zero attached hydrogens (tertiary/aromatic N) is 1. The van der Waals surface area contributed by atoms with Crippen molar-refractivity contribution in [2.75, 3.05) is 13.2 Å². The molecule has 5 nitrogen and oxygen atoms in total. The van der Waals surface area contributed by atoms with Crippen LogP contribution in [0.4, 0.5) is 0 Å². The third kappa shape index (κ3) is 4.64. The van der Waals surface area contributed by atoms with Gasteiger partial charge in [0.2, 0.25) is 5.88 Å². The van der Waals surface area contributed by atoms with Gasteiger partial charge < -0.3 is 19.3 Å². The van der Waals surface area contributed by atoms with Crippen LogP contribution in [0, 0.1) is 0 Å². The molecule has 3 rings (SSSR count). The monoisotopic (exact) mass is 373 g/mol. The molecule has 0 saturated carbocycles. The molecule has 1 N–H and O–H groups in total. The van der Waals surface area contributed by atoms with Crippen LogP contribution in [-0.4, -0.2) is 29.6 Å². The first kappa shape index (κ1) is 18.5. The van der Waals surface area contributed by atoms with Gasteiger partial charge in [0.25, 0.3) is 0 Å². The summed E-state index contributed by atoms with van der Waals surface area (Å²) in [7, 11) is 0. The van der Waals surface area contributed by atoms with E-state index < -0.39 is 6.29 Å². The largest absolute Gasteiger partial charge is 0.488 e. The fourth-order valence-electron chi connectivity index (χ4n) is 2.50. The fraction of sp³-hybridized carbons (Fsp3) is 0.250. The third-order valence-corrected chi connectivity index (χ3v) is 4.09. The maximum atomic E-state index is 9.48. The second kappa shape index (κ2) is 8.85. The van der Waals surface area contributed by atoms with E-state index in [1.165, 1.54) is 0 Å². The van der Waals surface area contributed by atoms with E-state index >= 15 is 0 Å². The van der Waals surface area contributed by atoms with Crippen LogP contribution in [0.5, 0.6) is 11.6 Å². The number of aliphatic hydroxyl groups is 1. The maximum Gasteiger partial charge on any atom is 0.213 e. The van der Waals surface area contributed by atoms with Gasteiger partial charge in [-0.05, 0) is 25.1 Å². The van der Waals surface area contributed by atoms with Crippen LogP contribution in [0.1, 0.15) is 12.5 Å². The topological polar surface area (TPSA) is 60.8 Å². The van der Waals surface area contributed by atoms with Gasteiger partial charge in [-0.1, -0.05) is 35.9 Å². The lowest BCUT2D eigenvalue weighted by molar-refractivity contribution is -0.115. The molecule has 1 atom stereocenters. The van der Waals surface area contributed by atoms with Crippen molar-refractivity contribution >= 4 is 22.4 Å². The second-order valence-corrected chi connectivity index (χ2v) is 6.01. The number of halogens is 1. The van der Waals surface area contributed by atoms with Crippen LogP contribution < -0.4 is 9.47 Å². The van der Waals surface area contributed by atoms with E-state index in [4.69, 9.17) is 25.8 Å². The predicted octanol–water partition coefficient (Wildman–Crippen LogP) is 4.20. The van der Waals surface area contributed by atoms with Crippen LogP contribution in [0.15, 0.2) is 54.7 Å². The molecule has 0 fully saturated rings. The van der Waals surface area contributed by atoms with E-state index in [1.807, 2.05) is 42.5 Å². The third-order valence-electron chi connectivity index (χ3n) is 3.76. The van der Waals surface area contributed by atoms with Gasteiger partial charge in [-0.25, -0.2) is 4.98 Å². The SMILES string of the molecule is CCOC(O)COc1ccc(COc2ccc(Cl)c3ccccc23)cn1. The smallest absolute Gasteiger partial charge is 0.213 e. The highest BCUT2D eigenvalue weighted by Gasteiger charge is 2.07. The van der Waals surface area contributed by atoms with Crippen LogP contribution in [-0.2, 0) is 11.3 Å². The van der Waals surface area contributed by atoms with Crippen LogP contribution in [0.2, 0.25) is 5.02 Å². The summed E-state index contributed by atoms with van der Waals surface area (Å²) in [5, 5.41) is 12.1. The number of pyridine rings is 1. The van der Waals surface area contributed by atoms with Gasteiger partial charge in [-0.3, -0.25) is 0 Å². The Labute approximate surface area is 157 Å². The molecule has 2 aromatic carbocycles. The Morgan fingerprint density at radius 2 is 1.85 bits per heavy atom. The number of hydrogen-bond donors (Lipinski definition) is 1. The number of aromatic nitrogens is 1. The van der Waals surface area contributed by atoms with Crippen molar-refractivity contribution in [1.82, 2.24) is 4.98 Å². The van der Waals surface area contributed by atoms with Crippen LogP contribution in [0.25, 0.3) is 10.8 Å². The molecular formula is C20H20ClNO4. The minimum absolute atomic E-state index is 0.0352. The Kier molecular flexibility index (Phi) is 6.28. The number of benzene rings is 2. The molecule has 0 aliphatic rings. The highest BCUT2D eigenvalue weighted by atomic mass is 35.5. The van der Waals surface area contributed by atoms with Gasteiger partial charge in [0.05, 0.1) is 0 Å². The molecule has 26 heavy (non-hydrogen) atoms. The first-order valence-electron chi connectivity index (χ1n) is 8.35. The summed E-state index contributed by atoms with van der Waals surface area (Å²) in [5.41, 5.74) is 0.904. The van der Waals surface area contributed by atoms with E-state index in [2.05, 4.69) is 4.98 Å². The zero-order chi connectivity index (χ0) is 18.4. The van der Waals surface area contributed by atoms with Crippen LogP contribution in [0.3, 0.4) is 0 Å². The minimum Gasteiger partial charge on any atom is -0.488 e. The molecular weight excluding hydrogens is 354 g/mol. The van der Waals surface area contributed by atoms with Crippen molar-refractivity contribution in [2.24, 2.45) is 0 Å². The van der Waals surface area contributed by atoms with E-state index in [9.17, 15) is 5.11 Å². The molecule has 0 spiro atoms. The number of fused-ring (bicyclic) bond motifs is 1. The quantitative estimate of drug-likeness (QED) is 0.599. The Bertz CT molecular complexity index is 854. The summed E-state index contributed by atoms with van der Waals surface area (Å²) in [6.45, 7) is 2.64. The van der Waals surface area contributed by atoms with Crippen molar-refractivity contribution in [3.63, 3.8) is 0 Å². The van der Waals surface area contributed by atoms with Crippen molar-refractivity contribution in [1.29, 1.82) is 0 Å². The van der Waals surface area contributed by atoms with Crippen LogP contribution >= 0.6 is 11.6 Å². The molecule has 0 aliphatic carbocycles. The minimum atomic E-state index is -0.956. The molecule has 1 heterocycles. The maximum absolute atomic E-state index is 9.48. The first-order valence-corrected chi connectivity index (χ1v) is 8.72. The lowest BCUT2D eigenvalue weighted by Gasteiger charge is -2.12. The molecule has 3 aromatic rings. The van der Waals surface area contributed by atoms with Crippen molar-refractivity contribution < 1.29 is 19.3 Å². The number of hydrogen-bond acceptors (Lipinski definition) is 5. The van der Waals surface area contributed by atoms with E-state index in [-0.39, 0.29) is 6.61 Å². The highest BCUT2D eigenvalue weighted by Crippen LogP contribution is 2.31. The fourth-order valence-corrected chi connectivity index (χ4v) is 2.73. The van der Waals surface area contributed by atoms with Crippen molar-refractivity contribution in [3.05, 3.63) is 65.3 Å². The molecule has 0 bridgehead atoms. The molecule has 0 amide bonds. The molecule has 1 aromatic heterocycles. The Morgan fingerprint density at radius 1 is 1.04 bits per heavy atom. The molecule has 6 heteroatoms. The standard InChI is InChI=1S/C20H20ClNO4/c1-2-24-20(23)13-26-19-10-7-14(11-22-19)12-25-18-9-8-17(21)15-5-3-4-6-16(15)18/h3-11,20,23H,2,12-13H2,1H3. The number of aliphatic hydroxyl groups excluding tert-OH is 1. The van der Waals surface area contributed by atoms with Gasteiger partial charge in [-0.2, -0.15) is 0 Å². The summed E-state index contributed by atoms with van der Waals surface area (Å²) >= 11 is 6.23. The van der Waals surface area contributed by atoms with Gasteiger partial charge in [0, 0.05) is 40.2 Å². The second-order valence-electron chi connectivity index (χ2n) is 5.61. The highest BCUT2D eigenvalue weighted by molar-refractivity contribution is 6.35. The molecule has 0 saturated heterocycles. The van der Waals surface area contributed by atoms with E-state index in [0.717, 1.165) is 22.1 Å². The summed E-state index contributed by atoms with van der Waals surface area (Å²) < 4.78 is 16.3. The summed E-state index contributed by atoms with van der Waals surface area (Å²) in [6.07, 6.45) is 0.725.